The van der Waals surface area contributed by atoms with Gasteiger partial charge < -0.3 is 20.4 Å². The van der Waals surface area contributed by atoms with E-state index in [1.165, 1.54) is 11.3 Å². The van der Waals surface area contributed by atoms with Crippen molar-refractivity contribution in [3.63, 3.8) is 0 Å². The van der Waals surface area contributed by atoms with Gasteiger partial charge in [0.2, 0.25) is 0 Å². The summed E-state index contributed by atoms with van der Waals surface area (Å²) >= 11 is 1.43. The Morgan fingerprint density at radius 2 is 1.81 bits per heavy atom. The molecule has 1 aliphatic rings. The molecule has 0 bridgehead atoms. The molecule has 3 amide bonds. The van der Waals surface area contributed by atoms with E-state index in [2.05, 4.69) is 22.5 Å². The second-order valence-corrected chi connectivity index (χ2v) is 7.49. The summed E-state index contributed by atoms with van der Waals surface area (Å²) in [5, 5.41) is 7.78. The summed E-state index contributed by atoms with van der Waals surface area (Å²) in [4.78, 5) is 29.1. The Bertz CT molecular complexity index is 738. The summed E-state index contributed by atoms with van der Waals surface area (Å²) in [5.41, 5.74) is 1.89. The van der Waals surface area contributed by atoms with E-state index in [-0.39, 0.29) is 11.9 Å². The molecular weight excluding hydrogens is 360 g/mol. The Hall–Kier alpha value is -2.54. The Balaban J connectivity index is 1.48. The van der Waals surface area contributed by atoms with Gasteiger partial charge in [-0.3, -0.25) is 4.79 Å². The maximum atomic E-state index is 12.1. The molecule has 0 radical (unpaired) electrons. The molecule has 1 aromatic heterocycles. The fraction of sp³-hybridized carbons (Fsp3) is 0.400. The van der Waals surface area contributed by atoms with Crippen LogP contribution in [0.3, 0.4) is 0 Å². The first-order valence-corrected chi connectivity index (χ1v) is 10.3. The molecule has 3 rings (SSSR count). The number of nitrogens with one attached hydrogen (secondary N) is 2. The molecule has 7 heteroatoms. The van der Waals surface area contributed by atoms with Crippen LogP contribution in [0.5, 0.6) is 0 Å². The number of thiophene rings is 1. The van der Waals surface area contributed by atoms with E-state index in [0.29, 0.717) is 4.88 Å². The van der Waals surface area contributed by atoms with Crippen molar-refractivity contribution in [1.29, 1.82) is 0 Å². The lowest BCUT2D eigenvalue weighted by Crippen LogP contribution is -2.52. The normalized spacial score (nSPS) is 14.1. The first-order chi connectivity index (χ1) is 13.2. The van der Waals surface area contributed by atoms with Crippen molar-refractivity contribution in [3.8, 4) is 0 Å². The summed E-state index contributed by atoms with van der Waals surface area (Å²) in [6.07, 6.45) is 2.10. The molecule has 1 saturated heterocycles. The Morgan fingerprint density at radius 1 is 1.07 bits per heavy atom. The zero-order valence-electron chi connectivity index (χ0n) is 15.6. The van der Waals surface area contributed by atoms with E-state index < -0.39 is 0 Å². The molecular formula is C20H26N4O2S. The van der Waals surface area contributed by atoms with Gasteiger partial charge in [-0.1, -0.05) is 19.4 Å². The number of nitrogens with zero attached hydrogens (tertiary/aromatic N) is 2. The molecule has 0 saturated carbocycles. The minimum atomic E-state index is -0.0829. The predicted octanol–water partition coefficient (Wildman–Crippen LogP) is 3.63. The van der Waals surface area contributed by atoms with Crippen LogP contribution in [0, 0.1) is 0 Å². The monoisotopic (exact) mass is 386 g/mol. The zero-order valence-corrected chi connectivity index (χ0v) is 16.4. The van der Waals surface area contributed by atoms with Crippen LogP contribution in [-0.4, -0.2) is 49.6 Å². The van der Waals surface area contributed by atoms with Gasteiger partial charge in [0.1, 0.15) is 0 Å². The molecule has 1 fully saturated rings. The van der Waals surface area contributed by atoms with Gasteiger partial charge in [0.15, 0.2) is 0 Å². The number of hydrogen-bond donors (Lipinski definition) is 2. The van der Waals surface area contributed by atoms with Crippen molar-refractivity contribution in [2.45, 2.75) is 19.8 Å². The van der Waals surface area contributed by atoms with Crippen molar-refractivity contribution >= 4 is 34.6 Å². The quantitative estimate of drug-likeness (QED) is 0.745. The number of piperazine rings is 1. The maximum absolute atomic E-state index is 12.1. The largest absolute Gasteiger partial charge is 0.368 e. The highest BCUT2D eigenvalue weighted by Crippen LogP contribution is 2.20. The van der Waals surface area contributed by atoms with Crippen LogP contribution in [0.4, 0.5) is 16.2 Å². The van der Waals surface area contributed by atoms with Crippen LogP contribution >= 0.6 is 11.3 Å². The lowest BCUT2D eigenvalue weighted by atomic mass is 10.2. The number of urea groups is 1. The average molecular weight is 387 g/mol. The molecule has 0 aliphatic carbocycles. The summed E-state index contributed by atoms with van der Waals surface area (Å²) in [7, 11) is 0. The van der Waals surface area contributed by atoms with Gasteiger partial charge in [0.25, 0.3) is 5.91 Å². The van der Waals surface area contributed by atoms with E-state index in [1.807, 2.05) is 46.7 Å². The lowest BCUT2D eigenvalue weighted by Gasteiger charge is -2.36. The van der Waals surface area contributed by atoms with Gasteiger partial charge >= 0.3 is 6.03 Å². The van der Waals surface area contributed by atoms with E-state index in [9.17, 15) is 9.59 Å². The maximum Gasteiger partial charge on any atom is 0.317 e. The third kappa shape index (κ3) is 5.23. The number of anilines is 2. The molecule has 2 N–H and O–H groups in total. The van der Waals surface area contributed by atoms with E-state index in [0.717, 1.165) is 56.9 Å². The Labute approximate surface area is 164 Å². The molecule has 6 nitrogen and oxygen atoms in total. The smallest absolute Gasteiger partial charge is 0.317 e. The first kappa shape index (κ1) is 19.2. The first-order valence-electron chi connectivity index (χ1n) is 9.40. The number of benzene rings is 1. The van der Waals surface area contributed by atoms with Crippen LogP contribution < -0.4 is 15.5 Å². The van der Waals surface area contributed by atoms with Gasteiger partial charge in [-0.05, 0) is 42.1 Å². The SMILES string of the molecule is CCCCNC(=O)N1CCN(c2ccc(NC(=O)c3cccs3)cc2)CC1. The summed E-state index contributed by atoms with van der Waals surface area (Å²) in [5.74, 6) is -0.0829. The number of rotatable bonds is 6. The minimum Gasteiger partial charge on any atom is -0.368 e. The molecule has 27 heavy (non-hydrogen) atoms. The predicted molar refractivity (Wildman–Crippen MR) is 111 cm³/mol. The molecule has 2 heterocycles. The van der Waals surface area contributed by atoms with Crippen LogP contribution in [0.15, 0.2) is 41.8 Å². The van der Waals surface area contributed by atoms with Crippen LogP contribution in [-0.2, 0) is 0 Å². The molecule has 0 unspecified atom stereocenters. The highest BCUT2D eigenvalue weighted by atomic mass is 32.1. The number of carbonyl (C=O) groups is 2. The molecule has 1 aliphatic heterocycles. The molecule has 0 spiro atoms. The molecule has 0 atom stereocenters. The van der Waals surface area contributed by atoms with Crippen molar-refractivity contribution in [1.82, 2.24) is 10.2 Å². The van der Waals surface area contributed by atoms with Gasteiger partial charge in [-0.15, -0.1) is 11.3 Å². The Kier molecular flexibility index (Phi) is 6.70. The second-order valence-electron chi connectivity index (χ2n) is 6.54. The highest BCUT2D eigenvalue weighted by molar-refractivity contribution is 7.12. The average Bonchev–Trinajstić information content (AvgIpc) is 3.24. The second kappa shape index (κ2) is 9.41. The van der Waals surface area contributed by atoms with Gasteiger partial charge in [0, 0.05) is 44.1 Å². The van der Waals surface area contributed by atoms with Gasteiger partial charge in [-0.25, -0.2) is 4.79 Å². The number of hydrogen-bond acceptors (Lipinski definition) is 4. The third-order valence-corrected chi connectivity index (χ3v) is 5.48. The van der Waals surface area contributed by atoms with Crippen molar-refractivity contribution in [2.24, 2.45) is 0 Å². The fourth-order valence-corrected chi connectivity index (χ4v) is 3.63. The van der Waals surface area contributed by atoms with E-state index in [1.54, 1.807) is 0 Å². The highest BCUT2D eigenvalue weighted by Gasteiger charge is 2.21. The van der Waals surface area contributed by atoms with Crippen LogP contribution in [0.2, 0.25) is 0 Å². The number of unbranched alkanes of at least 4 members (excludes halogenated alkanes) is 1. The fourth-order valence-electron chi connectivity index (χ4n) is 3.01. The van der Waals surface area contributed by atoms with Crippen molar-refractivity contribution < 1.29 is 9.59 Å². The van der Waals surface area contributed by atoms with Crippen molar-refractivity contribution in [3.05, 3.63) is 46.7 Å². The third-order valence-electron chi connectivity index (χ3n) is 4.61. The van der Waals surface area contributed by atoms with Gasteiger partial charge in [0.05, 0.1) is 4.88 Å². The minimum absolute atomic E-state index is 0.0368. The van der Waals surface area contributed by atoms with Gasteiger partial charge in [-0.2, -0.15) is 0 Å². The number of carbonyl (C=O) groups excluding carboxylic acids is 2. The van der Waals surface area contributed by atoms with E-state index >= 15 is 0 Å². The molecule has 144 valence electrons. The summed E-state index contributed by atoms with van der Waals surface area (Å²) in [6, 6.07) is 11.6. The standard InChI is InChI=1S/C20H26N4O2S/c1-2-3-10-21-20(26)24-13-11-23(12-14-24)17-8-6-16(7-9-17)22-19(25)18-5-4-15-27-18/h4-9,15H,2-3,10-14H2,1H3,(H,21,26)(H,22,25). The Morgan fingerprint density at radius 3 is 2.44 bits per heavy atom. The molecule has 1 aromatic carbocycles. The summed E-state index contributed by atoms with van der Waals surface area (Å²) < 4.78 is 0. The number of amides is 3. The summed E-state index contributed by atoms with van der Waals surface area (Å²) in [6.45, 7) is 5.91. The topological polar surface area (TPSA) is 64.7 Å². The lowest BCUT2D eigenvalue weighted by molar-refractivity contribution is 0.103. The van der Waals surface area contributed by atoms with E-state index in [4.69, 9.17) is 0 Å². The zero-order chi connectivity index (χ0) is 19.1. The molecule has 2 aromatic rings. The van der Waals surface area contributed by atoms with Crippen LogP contribution in [0.1, 0.15) is 29.4 Å². The van der Waals surface area contributed by atoms with Crippen LogP contribution in [0.25, 0.3) is 0 Å². The van der Waals surface area contributed by atoms with Crippen molar-refractivity contribution in [2.75, 3.05) is 42.9 Å².